The normalized spacial score (nSPS) is 21.6. The highest BCUT2D eigenvalue weighted by Crippen LogP contribution is 2.38. The molecule has 3 aromatic rings. The van der Waals surface area contributed by atoms with Gasteiger partial charge in [0.25, 0.3) is 5.91 Å². The van der Waals surface area contributed by atoms with Crippen LogP contribution in [-0.2, 0) is 27.9 Å². The molecule has 0 bridgehead atoms. The fourth-order valence-electron chi connectivity index (χ4n) is 5.82. The molecular weight excluding hydrogens is 490 g/mol. The highest BCUT2D eigenvalue weighted by molar-refractivity contribution is 5.99. The van der Waals surface area contributed by atoms with Crippen LogP contribution in [0.1, 0.15) is 59.1 Å². The molecule has 0 spiro atoms. The fourth-order valence-corrected chi connectivity index (χ4v) is 5.82. The standard InChI is InChI=1S/C29H28F2N4O3/c1-29(11-12-35(28(29)37)19-9-13-38-14-10-19)18-7-5-17(6-8-18)15-22-25-23(16-32-27(25)36)34-26(33-22)24-20(30)3-2-4-21(24)31/h2-8,19H,9-16H2,1H3,(H,32,36). The maximum Gasteiger partial charge on any atom is 0.255 e. The minimum atomic E-state index is -0.762. The zero-order valence-corrected chi connectivity index (χ0v) is 21.1. The van der Waals surface area contributed by atoms with Crippen molar-refractivity contribution in [3.63, 3.8) is 0 Å². The summed E-state index contributed by atoms with van der Waals surface area (Å²) in [6.45, 7) is 4.29. The van der Waals surface area contributed by atoms with Crippen molar-refractivity contribution in [3.8, 4) is 11.4 Å². The molecule has 0 saturated carbocycles. The Kier molecular flexibility index (Phi) is 6.18. The number of likely N-dealkylation sites (tertiary alicyclic amines) is 1. The summed E-state index contributed by atoms with van der Waals surface area (Å²) in [4.78, 5) is 36.8. The Labute approximate surface area is 219 Å². The lowest BCUT2D eigenvalue weighted by molar-refractivity contribution is -0.135. The third-order valence-corrected chi connectivity index (χ3v) is 8.07. The fraction of sp³-hybridized carbons (Fsp3) is 0.379. The number of halogens is 2. The van der Waals surface area contributed by atoms with Crippen LogP contribution >= 0.6 is 0 Å². The van der Waals surface area contributed by atoms with Gasteiger partial charge in [-0.05, 0) is 49.4 Å². The van der Waals surface area contributed by atoms with Gasteiger partial charge in [0, 0.05) is 32.2 Å². The molecule has 4 heterocycles. The van der Waals surface area contributed by atoms with Crippen LogP contribution in [0.3, 0.4) is 0 Å². The summed E-state index contributed by atoms with van der Waals surface area (Å²) < 4.78 is 34.4. The molecule has 2 aromatic carbocycles. The first-order chi connectivity index (χ1) is 18.3. The number of hydrogen-bond donors (Lipinski definition) is 1. The number of carbonyl (C=O) groups excluding carboxylic acids is 2. The predicted molar refractivity (Wildman–Crippen MR) is 135 cm³/mol. The molecule has 1 N–H and O–H groups in total. The molecule has 38 heavy (non-hydrogen) atoms. The summed E-state index contributed by atoms with van der Waals surface area (Å²) >= 11 is 0. The quantitative estimate of drug-likeness (QED) is 0.554. The molecular formula is C29H28F2N4O3. The Morgan fingerprint density at radius 1 is 1.03 bits per heavy atom. The van der Waals surface area contributed by atoms with Gasteiger partial charge in [0.05, 0.1) is 34.5 Å². The Morgan fingerprint density at radius 2 is 1.74 bits per heavy atom. The van der Waals surface area contributed by atoms with E-state index in [2.05, 4.69) is 15.3 Å². The lowest BCUT2D eigenvalue weighted by atomic mass is 9.80. The third kappa shape index (κ3) is 4.15. The maximum atomic E-state index is 14.5. The molecule has 2 amide bonds. The van der Waals surface area contributed by atoms with E-state index in [1.54, 1.807) is 0 Å². The molecule has 3 aliphatic heterocycles. The first-order valence-corrected chi connectivity index (χ1v) is 13.0. The summed E-state index contributed by atoms with van der Waals surface area (Å²) in [6.07, 6.45) is 2.77. The van der Waals surface area contributed by atoms with Gasteiger partial charge < -0.3 is 15.0 Å². The second-order valence-electron chi connectivity index (χ2n) is 10.4. The van der Waals surface area contributed by atoms with Gasteiger partial charge in [0.15, 0.2) is 5.82 Å². The minimum Gasteiger partial charge on any atom is -0.381 e. The second-order valence-corrected chi connectivity index (χ2v) is 10.4. The van der Waals surface area contributed by atoms with E-state index in [4.69, 9.17) is 4.74 Å². The second kappa shape index (κ2) is 9.54. The Bertz CT molecular complexity index is 1400. The van der Waals surface area contributed by atoms with E-state index in [1.165, 1.54) is 6.07 Å². The van der Waals surface area contributed by atoms with Crippen LogP contribution in [0.2, 0.25) is 0 Å². The zero-order chi connectivity index (χ0) is 26.4. The van der Waals surface area contributed by atoms with Crippen LogP contribution in [0, 0.1) is 11.6 Å². The monoisotopic (exact) mass is 518 g/mol. The number of carbonyl (C=O) groups is 2. The van der Waals surface area contributed by atoms with Crippen molar-refractivity contribution < 1.29 is 23.1 Å². The average Bonchev–Trinajstić information content (AvgIpc) is 3.44. The van der Waals surface area contributed by atoms with Gasteiger partial charge in [0.1, 0.15) is 11.6 Å². The lowest BCUT2D eigenvalue weighted by Crippen LogP contribution is -2.44. The Balaban J connectivity index is 1.28. The van der Waals surface area contributed by atoms with Crippen molar-refractivity contribution in [1.29, 1.82) is 0 Å². The number of rotatable bonds is 5. The van der Waals surface area contributed by atoms with E-state index < -0.39 is 17.0 Å². The number of nitrogens with one attached hydrogen (secondary N) is 1. The van der Waals surface area contributed by atoms with Crippen molar-refractivity contribution >= 4 is 11.8 Å². The minimum absolute atomic E-state index is 0.0836. The topological polar surface area (TPSA) is 84.4 Å². The highest BCUT2D eigenvalue weighted by atomic mass is 19.1. The average molecular weight is 519 g/mol. The van der Waals surface area contributed by atoms with E-state index in [9.17, 15) is 18.4 Å². The summed E-state index contributed by atoms with van der Waals surface area (Å²) in [6, 6.07) is 11.6. The van der Waals surface area contributed by atoms with Gasteiger partial charge in [-0.2, -0.15) is 0 Å². The smallest absolute Gasteiger partial charge is 0.255 e. The maximum absolute atomic E-state index is 14.5. The molecule has 7 nitrogen and oxygen atoms in total. The van der Waals surface area contributed by atoms with Crippen LogP contribution in [0.5, 0.6) is 0 Å². The molecule has 2 saturated heterocycles. The zero-order valence-electron chi connectivity index (χ0n) is 21.1. The number of ether oxygens (including phenoxy) is 1. The largest absolute Gasteiger partial charge is 0.381 e. The van der Waals surface area contributed by atoms with Crippen molar-refractivity contribution in [1.82, 2.24) is 20.2 Å². The number of amides is 2. The Morgan fingerprint density at radius 3 is 2.45 bits per heavy atom. The van der Waals surface area contributed by atoms with Crippen LogP contribution in [0.15, 0.2) is 42.5 Å². The molecule has 196 valence electrons. The van der Waals surface area contributed by atoms with Gasteiger partial charge >= 0.3 is 0 Å². The molecule has 1 atom stereocenters. The van der Waals surface area contributed by atoms with Crippen LogP contribution in [0.4, 0.5) is 8.78 Å². The van der Waals surface area contributed by atoms with E-state index in [0.717, 1.165) is 49.1 Å². The van der Waals surface area contributed by atoms with Gasteiger partial charge in [-0.25, -0.2) is 18.7 Å². The molecule has 0 radical (unpaired) electrons. The molecule has 2 fully saturated rings. The predicted octanol–water partition coefficient (Wildman–Crippen LogP) is 3.93. The summed E-state index contributed by atoms with van der Waals surface area (Å²) in [5.74, 6) is -1.76. The first kappa shape index (κ1) is 24.6. The molecule has 0 aliphatic carbocycles. The van der Waals surface area contributed by atoms with Crippen molar-refractivity contribution in [2.45, 2.75) is 50.6 Å². The van der Waals surface area contributed by atoms with Crippen molar-refractivity contribution in [3.05, 3.63) is 82.2 Å². The summed E-state index contributed by atoms with van der Waals surface area (Å²) in [7, 11) is 0. The SMILES string of the molecule is CC1(c2ccc(Cc3nc(-c4c(F)cccc4F)nc4c3C(=O)NC4)cc2)CCN(C2CCOCC2)C1=O. The number of benzene rings is 2. The molecule has 6 rings (SSSR count). The number of aromatic nitrogens is 2. The third-order valence-electron chi connectivity index (χ3n) is 8.07. The number of fused-ring (bicyclic) bond motifs is 1. The van der Waals surface area contributed by atoms with Crippen molar-refractivity contribution in [2.75, 3.05) is 19.8 Å². The van der Waals surface area contributed by atoms with Gasteiger partial charge in [-0.3, -0.25) is 9.59 Å². The molecule has 1 unspecified atom stereocenters. The van der Waals surface area contributed by atoms with Gasteiger partial charge in [-0.1, -0.05) is 30.3 Å². The van der Waals surface area contributed by atoms with Crippen LogP contribution < -0.4 is 5.32 Å². The van der Waals surface area contributed by atoms with Crippen LogP contribution in [-0.4, -0.2) is 52.5 Å². The van der Waals surface area contributed by atoms with Crippen molar-refractivity contribution in [2.24, 2.45) is 0 Å². The first-order valence-electron chi connectivity index (χ1n) is 13.0. The van der Waals surface area contributed by atoms with Crippen LogP contribution in [0.25, 0.3) is 11.4 Å². The lowest BCUT2D eigenvalue weighted by Gasteiger charge is -2.33. The number of nitrogens with zero attached hydrogens (tertiary/aromatic N) is 3. The molecule has 9 heteroatoms. The Hall–Kier alpha value is -3.72. The molecule has 3 aliphatic rings. The summed E-state index contributed by atoms with van der Waals surface area (Å²) in [5.41, 5.74) is 2.08. The van der Waals surface area contributed by atoms with Gasteiger partial charge in [-0.15, -0.1) is 0 Å². The number of hydrogen-bond acceptors (Lipinski definition) is 5. The van der Waals surface area contributed by atoms with E-state index in [0.29, 0.717) is 30.2 Å². The van der Waals surface area contributed by atoms with E-state index in [-0.39, 0.29) is 42.2 Å². The molecule has 1 aromatic heterocycles. The van der Waals surface area contributed by atoms with E-state index >= 15 is 0 Å². The van der Waals surface area contributed by atoms with E-state index in [1.807, 2.05) is 36.1 Å². The highest BCUT2D eigenvalue weighted by Gasteiger charge is 2.46. The van der Waals surface area contributed by atoms with Gasteiger partial charge in [0.2, 0.25) is 5.91 Å². The summed E-state index contributed by atoms with van der Waals surface area (Å²) in [5, 5.41) is 2.73.